The number of aliphatic hydroxyl groups excluding tert-OH is 1. The Hall–Kier alpha value is -1.80. The van der Waals surface area contributed by atoms with Gasteiger partial charge >= 0.3 is 7.82 Å². The van der Waals surface area contributed by atoms with Gasteiger partial charge in [0.25, 0.3) is 0 Å². The molecule has 3 N–H and O–H groups in total. The molecule has 0 saturated heterocycles. The normalized spacial score (nSPS) is 14.6. The second kappa shape index (κ2) is 45.4. The van der Waals surface area contributed by atoms with Crippen LogP contribution in [0.1, 0.15) is 226 Å². The van der Waals surface area contributed by atoms with Crippen molar-refractivity contribution in [3.8, 4) is 0 Å². The highest BCUT2D eigenvalue weighted by Crippen LogP contribution is 2.43. The average Bonchev–Trinajstić information content (AvgIpc) is 3.24. The molecule has 368 valence electrons. The third kappa shape index (κ3) is 48.0. The molecule has 0 aromatic carbocycles. The molecule has 0 rings (SSSR count). The first-order valence-corrected chi connectivity index (χ1v) is 27.7. The van der Waals surface area contributed by atoms with Crippen LogP contribution >= 0.6 is 7.82 Å². The number of hydrogen-bond acceptors (Lipinski definition) is 5. The van der Waals surface area contributed by atoms with Gasteiger partial charge in [-0.25, -0.2) is 4.57 Å². The minimum absolute atomic E-state index is 0.0486. The van der Waals surface area contributed by atoms with E-state index >= 15 is 0 Å². The van der Waals surface area contributed by atoms with Crippen LogP contribution in [0, 0.1) is 0 Å². The van der Waals surface area contributed by atoms with E-state index in [1.807, 2.05) is 27.2 Å². The highest BCUT2D eigenvalue weighted by Gasteiger charge is 2.27. The first-order valence-electron chi connectivity index (χ1n) is 26.2. The standard InChI is InChI=1S/C54H101N2O6P/c1-6-8-10-12-14-16-18-20-22-23-24-25-26-27-28-29-30-31-32-34-35-37-39-41-43-45-47-53(57)52(51-62-63(59,60)61-50-49-56(3,4)5)55-54(58)48-46-44-42-40-38-36-33-21-19-17-15-13-11-9-7-2/h15,17,21,31-33,37,39,45,47,52-53,57H,6-14,16,18-20,22-30,34-36,38,40-44,46,48-51H2,1-5H3,(H-,55,58,59,60)/p+1/b17-15-,32-31+,33-21-,39-37+,47-45+. The fourth-order valence-corrected chi connectivity index (χ4v) is 8.02. The molecule has 0 bridgehead atoms. The lowest BCUT2D eigenvalue weighted by molar-refractivity contribution is -0.870. The second-order valence-corrected chi connectivity index (χ2v) is 20.3. The first kappa shape index (κ1) is 61.2. The number of rotatable bonds is 47. The predicted octanol–water partition coefficient (Wildman–Crippen LogP) is 15.4. The number of phosphoric ester groups is 1. The number of aliphatic hydroxyl groups is 1. The molecular formula is C54H102N2O6P+. The van der Waals surface area contributed by atoms with Crippen molar-refractivity contribution < 1.29 is 32.9 Å². The Morgan fingerprint density at radius 1 is 0.540 bits per heavy atom. The molecule has 0 aromatic rings. The number of quaternary nitrogens is 1. The molecule has 0 aliphatic carbocycles. The van der Waals surface area contributed by atoms with Crippen molar-refractivity contribution in [2.45, 2.75) is 238 Å². The van der Waals surface area contributed by atoms with Gasteiger partial charge in [-0.15, -0.1) is 0 Å². The summed E-state index contributed by atoms with van der Waals surface area (Å²) in [6.45, 7) is 4.75. The van der Waals surface area contributed by atoms with E-state index in [4.69, 9.17) is 9.05 Å². The van der Waals surface area contributed by atoms with E-state index in [9.17, 15) is 19.4 Å². The zero-order valence-electron chi connectivity index (χ0n) is 41.8. The van der Waals surface area contributed by atoms with Gasteiger partial charge in [-0.1, -0.05) is 203 Å². The number of carbonyl (C=O) groups excluding carboxylic acids is 1. The predicted molar refractivity (Wildman–Crippen MR) is 272 cm³/mol. The van der Waals surface area contributed by atoms with E-state index in [2.05, 4.69) is 67.8 Å². The lowest BCUT2D eigenvalue weighted by atomic mass is 10.0. The number of amides is 1. The van der Waals surface area contributed by atoms with Crippen molar-refractivity contribution in [3.63, 3.8) is 0 Å². The summed E-state index contributed by atoms with van der Waals surface area (Å²) in [6.07, 6.45) is 60.3. The van der Waals surface area contributed by atoms with Crippen molar-refractivity contribution in [2.24, 2.45) is 0 Å². The van der Waals surface area contributed by atoms with Gasteiger partial charge in [0.05, 0.1) is 39.9 Å². The summed E-state index contributed by atoms with van der Waals surface area (Å²) in [5, 5.41) is 13.8. The van der Waals surface area contributed by atoms with E-state index in [-0.39, 0.29) is 19.1 Å². The molecule has 0 saturated carbocycles. The largest absolute Gasteiger partial charge is 0.472 e. The third-order valence-electron chi connectivity index (χ3n) is 11.4. The minimum atomic E-state index is -4.36. The van der Waals surface area contributed by atoms with E-state index in [1.54, 1.807) is 6.08 Å². The Morgan fingerprint density at radius 2 is 0.921 bits per heavy atom. The summed E-state index contributed by atoms with van der Waals surface area (Å²) in [6, 6.07) is -0.879. The Labute approximate surface area is 390 Å². The van der Waals surface area contributed by atoms with E-state index in [1.165, 1.54) is 135 Å². The number of unbranched alkanes of at least 4 members (excludes halogenated alkanes) is 26. The Kier molecular flexibility index (Phi) is 44.1. The molecule has 0 heterocycles. The van der Waals surface area contributed by atoms with Gasteiger partial charge in [-0.3, -0.25) is 13.8 Å². The number of nitrogens with one attached hydrogen (secondary N) is 1. The number of nitrogens with zero attached hydrogens (tertiary/aromatic N) is 1. The number of likely N-dealkylation sites (N-methyl/N-ethyl adjacent to an activating group) is 1. The fraction of sp³-hybridized carbons (Fsp3) is 0.796. The minimum Gasteiger partial charge on any atom is -0.387 e. The van der Waals surface area contributed by atoms with Crippen molar-refractivity contribution in [3.05, 3.63) is 60.8 Å². The molecule has 0 fully saturated rings. The number of hydrogen-bond donors (Lipinski definition) is 3. The molecule has 3 atom stereocenters. The lowest BCUT2D eigenvalue weighted by Crippen LogP contribution is -2.45. The molecule has 0 aromatic heterocycles. The van der Waals surface area contributed by atoms with Gasteiger partial charge in [0, 0.05) is 6.42 Å². The molecule has 3 unspecified atom stereocenters. The van der Waals surface area contributed by atoms with Gasteiger partial charge in [0.1, 0.15) is 13.2 Å². The second-order valence-electron chi connectivity index (χ2n) is 18.9. The molecule has 63 heavy (non-hydrogen) atoms. The van der Waals surface area contributed by atoms with E-state index in [0.29, 0.717) is 17.4 Å². The van der Waals surface area contributed by atoms with Crippen LogP contribution in [0.2, 0.25) is 0 Å². The van der Waals surface area contributed by atoms with E-state index < -0.39 is 20.0 Å². The van der Waals surface area contributed by atoms with Crippen molar-refractivity contribution in [2.75, 3.05) is 40.9 Å². The first-order chi connectivity index (χ1) is 30.5. The maximum absolute atomic E-state index is 12.9. The monoisotopic (exact) mass is 906 g/mol. The zero-order valence-corrected chi connectivity index (χ0v) is 42.7. The van der Waals surface area contributed by atoms with Crippen LogP contribution in [0.15, 0.2) is 60.8 Å². The summed E-state index contributed by atoms with van der Waals surface area (Å²) in [7, 11) is 1.53. The SMILES string of the molecule is CCCCC/C=C\C/C=C\CCCCCCCC(=O)NC(COP(=O)(O)OCC[N+](C)(C)C)C(O)/C=C/CC/C=C/CC/C=C/CCCCCCCCCCCCCCCCCC. The van der Waals surface area contributed by atoms with Crippen molar-refractivity contribution in [1.29, 1.82) is 0 Å². The molecule has 0 spiro atoms. The summed E-state index contributed by atoms with van der Waals surface area (Å²) in [5.41, 5.74) is 0. The number of carbonyl (C=O) groups is 1. The van der Waals surface area contributed by atoms with E-state index in [0.717, 1.165) is 70.6 Å². The van der Waals surface area contributed by atoms with Crippen LogP contribution in [0.25, 0.3) is 0 Å². The molecule has 1 amide bonds. The summed E-state index contributed by atoms with van der Waals surface area (Å²) < 4.78 is 23.6. The maximum Gasteiger partial charge on any atom is 0.472 e. The number of allylic oxidation sites excluding steroid dienone is 9. The summed E-state index contributed by atoms with van der Waals surface area (Å²) in [4.78, 5) is 23.2. The topological polar surface area (TPSA) is 105 Å². The van der Waals surface area contributed by atoms with Gasteiger partial charge < -0.3 is 19.8 Å². The molecule has 9 heteroatoms. The van der Waals surface area contributed by atoms with Crippen LogP contribution in [0.5, 0.6) is 0 Å². The summed E-state index contributed by atoms with van der Waals surface area (Å²) >= 11 is 0. The zero-order chi connectivity index (χ0) is 46.4. The average molecular weight is 906 g/mol. The van der Waals surface area contributed by atoms with Gasteiger partial charge in [0.2, 0.25) is 5.91 Å². The smallest absolute Gasteiger partial charge is 0.387 e. The molecule has 0 aliphatic rings. The van der Waals surface area contributed by atoms with Crippen LogP contribution < -0.4 is 5.32 Å². The van der Waals surface area contributed by atoms with Crippen LogP contribution in [-0.2, 0) is 18.4 Å². The molecule has 8 nitrogen and oxygen atoms in total. The quantitative estimate of drug-likeness (QED) is 0.0243. The van der Waals surface area contributed by atoms with Crippen molar-refractivity contribution >= 4 is 13.7 Å². The Morgan fingerprint density at radius 3 is 1.40 bits per heavy atom. The number of phosphoric acid groups is 1. The van der Waals surface area contributed by atoms with Crippen LogP contribution in [0.4, 0.5) is 0 Å². The van der Waals surface area contributed by atoms with Gasteiger partial charge in [0.15, 0.2) is 0 Å². The Balaban J connectivity index is 4.35. The van der Waals surface area contributed by atoms with Crippen molar-refractivity contribution in [1.82, 2.24) is 5.32 Å². The van der Waals surface area contributed by atoms with Gasteiger partial charge in [-0.2, -0.15) is 0 Å². The molecular weight excluding hydrogens is 804 g/mol. The third-order valence-corrected chi connectivity index (χ3v) is 12.4. The van der Waals surface area contributed by atoms with Crippen LogP contribution in [0.3, 0.4) is 0 Å². The Bertz CT molecular complexity index is 1210. The van der Waals surface area contributed by atoms with Crippen LogP contribution in [-0.4, -0.2) is 73.4 Å². The molecule has 0 radical (unpaired) electrons. The highest BCUT2D eigenvalue weighted by molar-refractivity contribution is 7.47. The summed E-state index contributed by atoms with van der Waals surface area (Å²) in [5.74, 6) is -0.206. The maximum atomic E-state index is 12.9. The lowest BCUT2D eigenvalue weighted by Gasteiger charge is -2.25. The van der Waals surface area contributed by atoms with Gasteiger partial charge in [-0.05, 0) is 77.0 Å². The highest BCUT2D eigenvalue weighted by atomic mass is 31.2. The molecule has 0 aliphatic heterocycles. The fourth-order valence-electron chi connectivity index (χ4n) is 7.28.